The van der Waals surface area contributed by atoms with Gasteiger partial charge in [0.2, 0.25) is 5.95 Å². The third-order valence-electron chi connectivity index (χ3n) is 5.17. The van der Waals surface area contributed by atoms with Crippen LogP contribution in [0.25, 0.3) is 11.0 Å². The predicted molar refractivity (Wildman–Crippen MR) is 94.6 cm³/mol. The molecule has 1 aliphatic heterocycles. The second-order valence-electron chi connectivity index (χ2n) is 6.90. The lowest BCUT2D eigenvalue weighted by molar-refractivity contribution is 0.174. The summed E-state index contributed by atoms with van der Waals surface area (Å²) in [6, 6.07) is -0.0623. The highest BCUT2D eigenvalue weighted by Gasteiger charge is 2.30. The minimum absolute atomic E-state index is 0.0623. The molecule has 1 aliphatic carbocycles. The van der Waals surface area contributed by atoms with Gasteiger partial charge in [-0.1, -0.05) is 0 Å². The molecule has 2 aromatic rings. The van der Waals surface area contributed by atoms with Gasteiger partial charge in [-0.15, -0.1) is 0 Å². The van der Waals surface area contributed by atoms with Crippen molar-refractivity contribution in [1.82, 2.24) is 19.9 Å². The summed E-state index contributed by atoms with van der Waals surface area (Å²) in [5.41, 5.74) is 4.50. The maximum absolute atomic E-state index is 10.1. The number of aliphatic hydroxyl groups is 1. The van der Waals surface area contributed by atoms with Crippen LogP contribution in [0, 0.1) is 6.92 Å². The molecule has 0 spiro atoms. The van der Waals surface area contributed by atoms with Crippen molar-refractivity contribution in [1.29, 1.82) is 0 Å². The molecule has 0 unspecified atom stereocenters. The Labute approximate surface area is 141 Å². The van der Waals surface area contributed by atoms with Crippen LogP contribution >= 0.6 is 0 Å². The second-order valence-corrected chi connectivity index (χ2v) is 6.90. The lowest BCUT2D eigenvalue weighted by Crippen LogP contribution is -2.32. The van der Waals surface area contributed by atoms with Crippen molar-refractivity contribution in [2.45, 2.75) is 38.3 Å². The number of rotatable bonds is 3. The van der Waals surface area contributed by atoms with E-state index in [4.69, 9.17) is 4.98 Å². The number of nitrogens with zero attached hydrogens (tertiary/aromatic N) is 4. The topological polar surface area (TPSA) is 86.2 Å². The van der Waals surface area contributed by atoms with E-state index in [2.05, 4.69) is 32.4 Å². The number of aliphatic hydroxyl groups excluding tert-OH is 1. The minimum atomic E-state index is -0.415. The van der Waals surface area contributed by atoms with E-state index in [1.165, 1.54) is 16.8 Å². The Morgan fingerprint density at radius 2 is 2.00 bits per heavy atom. The van der Waals surface area contributed by atoms with Gasteiger partial charge >= 0.3 is 0 Å². The monoisotopic (exact) mass is 328 g/mol. The fourth-order valence-corrected chi connectivity index (χ4v) is 3.94. The fraction of sp³-hybridized carbons (Fsp3) is 0.588. The molecule has 7 heteroatoms. The SMILES string of the molecule is CNc1nc(N[C@@H]2CN(C)C[C@@H]2O)nc2nc3c(c(C)c12)CCC3. The zero-order chi connectivity index (χ0) is 16.8. The van der Waals surface area contributed by atoms with Gasteiger partial charge in [-0.2, -0.15) is 9.97 Å². The first-order valence-electron chi connectivity index (χ1n) is 8.58. The van der Waals surface area contributed by atoms with E-state index in [0.29, 0.717) is 12.5 Å². The molecule has 2 atom stereocenters. The second kappa shape index (κ2) is 5.82. The van der Waals surface area contributed by atoms with Crippen molar-refractivity contribution in [3.63, 3.8) is 0 Å². The van der Waals surface area contributed by atoms with Gasteiger partial charge in [0, 0.05) is 25.8 Å². The molecule has 1 fully saturated rings. The van der Waals surface area contributed by atoms with E-state index in [1.807, 2.05) is 14.1 Å². The molecule has 4 rings (SSSR count). The summed E-state index contributed by atoms with van der Waals surface area (Å²) in [4.78, 5) is 16.2. The van der Waals surface area contributed by atoms with Gasteiger partial charge in [0.1, 0.15) is 5.82 Å². The number of likely N-dealkylation sites (tertiary alicyclic amines) is 1. The average Bonchev–Trinajstić information content (AvgIpc) is 3.13. The minimum Gasteiger partial charge on any atom is -0.390 e. The van der Waals surface area contributed by atoms with E-state index >= 15 is 0 Å². The van der Waals surface area contributed by atoms with Crippen molar-refractivity contribution in [2.75, 3.05) is 37.8 Å². The average molecular weight is 328 g/mol. The zero-order valence-corrected chi connectivity index (χ0v) is 14.4. The van der Waals surface area contributed by atoms with E-state index in [0.717, 1.165) is 42.7 Å². The van der Waals surface area contributed by atoms with Crippen LogP contribution in [0.1, 0.15) is 23.2 Å². The maximum Gasteiger partial charge on any atom is 0.227 e. The third kappa shape index (κ3) is 2.48. The van der Waals surface area contributed by atoms with E-state index in [9.17, 15) is 5.11 Å². The van der Waals surface area contributed by atoms with Gasteiger partial charge < -0.3 is 20.6 Å². The van der Waals surface area contributed by atoms with Gasteiger partial charge in [-0.05, 0) is 44.4 Å². The summed E-state index contributed by atoms with van der Waals surface area (Å²) >= 11 is 0. The van der Waals surface area contributed by atoms with Crippen molar-refractivity contribution in [3.05, 3.63) is 16.8 Å². The van der Waals surface area contributed by atoms with E-state index in [-0.39, 0.29) is 6.04 Å². The molecule has 0 radical (unpaired) electrons. The van der Waals surface area contributed by atoms with Crippen LogP contribution in [0.4, 0.5) is 11.8 Å². The normalized spacial score (nSPS) is 23.7. The molecule has 3 N–H and O–H groups in total. The molecule has 128 valence electrons. The lowest BCUT2D eigenvalue weighted by atomic mass is 10.1. The van der Waals surface area contributed by atoms with E-state index in [1.54, 1.807) is 0 Å². The Bertz CT molecular complexity index is 792. The zero-order valence-electron chi connectivity index (χ0n) is 14.4. The molecule has 2 aromatic heterocycles. The molecule has 7 nitrogen and oxygen atoms in total. The molecule has 0 saturated carbocycles. The summed E-state index contributed by atoms with van der Waals surface area (Å²) in [6.07, 6.45) is 2.86. The summed E-state index contributed by atoms with van der Waals surface area (Å²) in [7, 11) is 3.87. The Morgan fingerprint density at radius 3 is 2.71 bits per heavy atom. The van der Waals surface area contributed by atoms with Crippen LogP contribution in [0.5, 0.6) is 0 Å². The Hall–Kier alpha value is -1.99. The first-order chi connectivity index (χ1) is 11.6. The van der Waals surface area contributed by atoms with Crippen molar-refractivity contribution >= 4 is 22.8 Å². The number of hydrogen-bond acceptors (Lipinski definition) is 7. The number of nitrogens with one attached hydrogen (secondary N) is 2. The summed E-state index contributed by atoms with van der Waals surface area (Å²) in [5, 5.41) is 17.6. The first-order valence-corrected chi connectivity index (χ1v) is 8.58. The fourth-order valence-electron chi connectivity index (χ4n) is 3.94. The van der Waals surface area contributed by atoms with Crippen molar-refractivity contribution in [2.24, 2.45) is 0 Å². The van der Waals surface area contributed by atoms with Crippen LogP contribution in [0.3, 0.4) is 0 Å². The lowest BCUT2D eigenvalue weighted by Gasteiger charge is -2.18. The van der Waals surface area contributed by atoms with Crippen molar-refractivity contribution in [3.8, 4) is 0 Å². The standard InChI is InChI=1S/C17H24N6O/c1-9-10-5-4-6-11(10)19-16-14(9)15(18-2)21-17(22-16)20-12-7-23(3)8-13(12)24/h12-13,24H,4-8H2,1-3H3,(H2,18,19,20,21,22)/t12-,13+/m1/s1. The Balaban J connectivity index is 1.77. The van der Waals surface area contributed by atoms with Crippen LogP contribution in [0.2, 0.25) is 0 Å². The number of likely N-dealkylation sites (N-methyl/N-ethyl adjacent to an activating group) is 1. The number of pyridine rings is 1. The molecular weight excluding hydrogens is 304 g/mol. The number of aromatic nitrogens is 3. The molecule has 2 aliphatic rings. The first kappa shape index (κ1) is 15.5. The van der Waals surface area contributed by atoms with Gasteiger partial charge in [0.25, 0.3) is 0 Å². The largest absolute Gasteiger partial charge is 0.390 e. The number of fused-ring (bicyclic) bond motifs is 2. The van der Waals surface area contributed by atoms with Gasteiger partial charge in [-0.3, -0.25) is 0 Å². The number of anilines is 2. The smallest absolute Gasteiger partial charge is 0.227 e. The van der Waals surface area contributed by atoms with Gasteiger partial charge in [0.05, 0.1) is 17.5 Å². The highest BCUT2D eigenvalue weighted by molar-refractivity contribution is 5.91. The Morgan fingerprint density at radius 1 is 1.17 bits per heavy atom. The summed E-state index contributed by atoms with van der Waals surface area (Å²) in [6.45, 7) is 3.57. The van der Waals surface area contributed by atoms with Crippen molar-refractivity contribution < 1.29 is 5.11 Å². The van der Waals surface area contributed by atoms with Crippen LogP contribution in [-0.2, 0) is 12.8 Å². The quantitative estimate of drug-likeness (QED) is 0.773. The molecule has 1 saturated heterocycles. The number of hydrogen-bond donors (Lipinski definition) is 3. The summed E-state index contributed by atoms with van der Waals surface area (Å²) < 4.78 is 0. The molecular formula is C17H24N6O. The van der Waals surface area contributed by atoms with E-state index < -0.39 is 6.10 Å². The predicted octanol–water partition coefficient (Wildman–Crippen LogP) is 0.950. The Kier molecular flexibility index (Phi) is 3.77. The highest BCUT2D eigenvalue weighted by atomic mass is 16.3. The summed E-state index contributed by atoms with van der Waals surface area (Å²) in [5.74, 6) is 1.32. The molecule has 3 heterocycles. The van der Waals surface area contributed by atoms with Gasteiger partial charge in [0.15, 0.2) is 5.65 Å². The molecule has 0 bridgehead atoms. The molecule has 24 heavy (non-hydrogen) atoms. The number of aryl methyl sites for hydroxylation is 2. The van der Waals surface area contributed by atoms with Crippen LogP contribution < -0.4 is 10.6 Å². The third-order valence-corrected chi connectivity index (χ3v) is 5.17. The number of β-amino-alcohol motifs (C(OH)–C–C–N with tert-alkyl or cyclic N) is 1. The highest BCUT2D eigenvalue weighted by Crippen LogP contribution is 2.32. The maximum atomic E-state index is 10.1. The molecule has 0 amide bonds. The van der Waals surface area contributed by atoms with Crippen LogP contribution in [0.15, 0.2) is 0 Å². The van der Waals surface area contributed by atoms with Crippen LogP contribution in [-0.4, -0.2) is 64.3 Å². The van der Waals surface area contributed by atoms with Gasteiger partial charge in [-0.25, -0.2) is 4.98 Å². The molecule has 0 aromatic carbocycles.